The lowest BCUT2D eigenvalue weighted by Gasteiger charge is -2.30. The molecule has 164 valence electrons. The van der Waals surface area contributed by atoms with E-state index in [0.29, 0.717) is 17.8 Å². The first-order valence-corrected chi connectivity index (χ1v) is 11.2. The monoisotopic (exact) mass is 433 g/mol. The van der Waals surface area contributed by atoms with Crippen molar-refractivity contribution in [2.24, 2.45) is 5.92 Å². The zero-order valence-corrected chi connectivity index (χ0v) is 18.1. The Morgan fingerprint density at radius 3 is 2.12 bits per heavy atom. The summed E-state index contributed by atoms with van der Waals surface area (Å²) in [5, 5.41) is 8.82. The van der Waals surface area contributed by atoms with E-state index in [2.05, 4.69) is 31.2 Å². The molecule has 0 radical (unpaired) electrons. The molecule has 3 aromatic rings. The molecule has 0 spiro atoms. The zero-order chi connectivity index (χ0) is 22.7. The van der Waals surface area contributed by atoms with Crippen molar-refractivity contribution in [1.29, 1.82) is 5.26 Å². The normalized spacial score (nSPS) is 19.3. The second kappa shape index (κ2) is 9.61. The first-order chi connectivity index (χ1) is 15.5. The molecule has 32 heavy (non-hydrogen) atoms. The van der Waals surface area contributed by atoms with Crippen molar-refractivity contribution >= 4 is 0 Å². The first-order valence-electron chi connectivity index (χ1n) is 11.2. The summed E-state index contributed by atoms with van der Waals surface area (Å²) in [5.41, 5.74) is 1.91. The molecule has 0 heterocycles. The molecule has 0 saturated heterocycles. The Morgan fingerprint density at radius 2 is 1.53 bits per heavy atom. The zero-order valence-electron chi connectivity index (χ0n) is 18.1. The summed E-state index contributed by atoms with van der Waals surface area (Å²) in [6, 6.07) is 19.1. The quantitative estimate of drug-likeness (QED) is 0.399. The lowest BCUT2D eigenvalue weighted by Crippen LogP contribution is -2.15. The molecule has 0 N–H and O–H groups in total. The maximum atomic E-state index is 14.9. The van der Waals surface area contributed by atoms with E-state index in [9.17, 15) is 13.2 Å². The van der Waals surface area contributed by atoms with Gasteiger partial charge >= 0.3 is 0 Å². The van der Waals surface area contributed by atoms with Gasteiger partial charge in [0.05, 0.1) is 0 Å². The van der Waals surface area contributed by atoms with Crippen molar-refractivity contribution in [3.63, 3.8) is 0 Å². The minimum absolute atomic E-state index is 0.0988. The van der Waals surface area contributed by atoms with Crippen molar-refractivity contribution in [1.82, 2.24) is 0 Å². The number of hydrogen-bond donors (Lipinski definition) is 0. The number of halogens is 3. The smallest absolute Gasteiger partial charge is 0.144 e. The highest BCUT2D eigenvalue weighted by Crippen LogP contribution is 2.40. The summed E-state index contributed by atoms with van der Waals surface area (Å²) in [5.74, 6) is -0.942. The standard InChI is InChI=1S/C28H26F3N/c1-18(20-5-3-2-4-6-20)13-19-7-9-21(10-8-19)22-11-12-24(26(29)14-22)23-15-27(30)25(17-32)28(31)16-23/h2-6,11-12,14-16,18-19,21H,7-10,13H2,1H3/t18-,19?,21?/m0/s1. The first kappa shape index (κ1) is 22.1. The molecule has 4 heteroatoms. The van der Waals surface area contributed by atoms with E-state index >= 15 is 0 Å². The maximum Gasteiger partial charge on any atom is 0.144 e. The molecule has 1 aliphatic rings. The van der Waals surface area contributed by atoms with Gasteiger partial charge in [-0.2, -0.15) is 5.26 Å². The van der Waals surface area contributed by atoms with Gasteiger partial charge < -0.3 is 0 Å². The molecular formula is C28H26F3N. The van der Waals surface area contributed by atoms with Crippen LogP contribution in [0.15, 0.2) is 60.7 Å². The van der Waals surface area contributed by atoms with Crippen molar-refractivity contribution in [2.45, 2.75) is 50.9 Å². The summed E-state index contributed by atoms with van der Waals surface area (Å²) < 4.78 is 42.8. The highest BCUT2D eigenvalue weighted by Gasteiger charge is 2.25. The van der Waals surface area contributed by atoms with Gasteiger partial charge in [-0.3, -0.25) is 0 Å². The van der Waals surface area contributed by atoms with Crippen molar-refractivity contribution in [2.75, 3.05) is 0 Å². The predicted octanol–water partition coefficient (Wildman–Crippen LogP) is 8.11. The fourth-order valence-electron chi connectivity index (χ4n) is 5.00. The summed E-state index contributed by atoms with van der Waals surface area (Å²) in [6.45, 7) is 2.28. The van der Waals surface area contributed by atoms with Crippen LogP contribution in [0.25, 0.3) is 11.1 Å². The average molecular weight is 434 g/mol. The Bertz CT molecular complexity index is 1100. The maximum absolute atomic E-state index is 14.9. The minimum atomic E-state index is -0.978. The third-order valence-corrected chi connectivity index (χ3v) is 6.83. The van der Waals surface area contributed by atoms with Gasteiger partial charge in [-0.05, 0) is 84.7 Å². The van der Waals surface area contributed by atoms with E-state index in [0.717, 1.165) is 43.4 Å². The van der Waals surface area contributed by atoms with E-state index in [1.807, 2.05) is 12.1 Å². The van der Waals surface area contributed by atoms with Gasteiger partial charge in [-0.25, -0.2) is 13.2 Å². The number of nitrogens with zero attached hydrogens (tertiary/aromatic N) is 1. The van der Waals surface area contributed by atoms with Crippen LogP contribution >= 0.6 is 0 Å². The highest BCUT2D eigenvalue weighted by atomic mass is 19.1. The Hall–Kier alpha value is -3.06. The summed E-state index contributed by atoms with van der Waals surface area (Å²) in [4.78, 5) is 0. The molecule has 4 rings (SSSR count). The lowest BCUT2D eigenvalue weighted by molar-refractivity contribution is 0.297. The Labute approximate surface area is 187 Å². The van der Waals surface area contributed by atoms with E-state index in [1.54, 1.807) is 6.07 Å². The second-order valence-electron chi connectivity index (χ2n) is 8.93. The Morgan fingerprint density at radius 1 is 0.875 bits per heavy atom. The van der Waals surface area contributed by atoms with Crippen LogP contribution in [-0.4, -0.2) is 0 Å². The van der Waals surface area contributed by atoms with Crippen LogP contribution in [-0.2, 0) is 0 Å². The van der Waals surface area contributed by atoms with Crippen LogP contribution in [0.2, 0.25) is 0 Å². The van der Waals surface area contributed by atoms with Gasteiger partial charge in [-0.15, -0.1) is 0 Å². The van der Waals surface area contributed by atoms with Crippen LogP contribution in [0.1, 0.15) is 67.6 Å². The van der Waals surface area contributed by atoms with Crippen molar-refractivity contribution < 1.29 is 13.2 Å². The molecule has 1 saturated carbocycles. The van der Waals surface area contributed by atoms with E-state index in [1.165, 1.54) is 24.1 Å². The van der Waals surface area contributed by atoms with Crippen molar-refractivity contribution in [3.05, 3.63) is 94.8 Å². The molecule has 1 atom stereocenters. The SMILES string of the molecule is C[C@@H](CC1CCC(c2ccc(-c3cc(F)c(C#N)c(F)c3)c(F)c2)CC1)c1ccccc1. The van der Waals surface area contributed by atoms with Gasteiger partial charge in [0.2, 0.25) is 0 Å². The molecule has 1 nitrogen and oxygen atoms in total. The molecule has 0 aromatic heterocycles. The molecule has 1 fully saturated rings. The van der Waals surface area contributed by atoms with Crippen LogP contribution in [0.5, 0.6) is 0 Å². The Kier molecular flexibility index (Phi) is 6.65. The molecule has 1 aliphatic carbocycles. The largest absolute Gasteiger partial charge is 0.206 e. The van der Waals surface area contributed by atoms with Crippen LogP contribution in [0.3, 0.4) is 0 Å². The molecule has 0 unspecified atom stereocenters. The fourth-order valence-corrected chi connectivity index (χ4v) is 5.00. The summed E-state index contributed by atoms with van der Waals surface area (Å²) in [6.07, 6.45) is 5.45. The minimum Gasteiger partial charge on any atom is -0.206 e. The molecule has 0 aliphatic heterocycles. The number of benzene rings is 3. The van der Waals surface area contributed by atoms with Gasteiger partial charge in [0.1, 0.15) is 29.1 Å². The fraction of sp³-hybridized carbons (Fsp3) is 0.321. The lowest BCUT2D eigenvalue weighted by atomic mass is 9.75. The predicted molar refractivity (Wildman–Crippen MR) is 121 cm³/mol. The molecule has 0 bridgehead atoms. The van der Waals surface area contributed by atoms with Crippen molar-refractivity contribution in [3.8, 4) is 17.2 Å². The Balaban J connectivity index is 1.42. The summed E-state index contributed by atoms with van der Waals surface area (Å²) in [7, 11) is 0. The van der Waals surface area contributed by atoms with Gasteiger partial charge in [0, 0.05) is 5.56 Å². The number of hydrogen-bond acceptors (Lipinski definition) is 1. The summed E-state index contributed by atoms with van der Waals surface area (Å²) >= 11 is 0. The van der Waals surface area contributed by atoms with Gasteiger partial charge in [-0.1, -0.05) is 49.4 Å². The van der Waals surface area contributed by atoms with Crippen LogP contribution in [0.4, 0.5) is 13.2 Å². The van der Waals surface area contributed by atoms with Gasteiger partial charge in [0.15, 0.2) is 0 Å². The molecule has 3 aromatic carbocycles. The van der Waals surface area contributed by atoms with E-state index in [4.69, 9.17) is 5.26 Å². The third-order valence-electron chi connectivity index (χ3n) is 6.83. The topological polar surface area (TPSA) is 23.8 Å². The number of nitriles is 1. The number of rotatable bonds is 5. The van der Waals surface area contributed by atoms with Crippen LogP contribution < -0.4 is 0 Å². The van der Waals surface area contributed by atoms with Crippen LogP contribution in [0, 0.1) is 34.7 Å². The average Bonchev–Trinajstić information content (AvgIpc) is 2.80. The highest BCUT2D eigenvalue weighted by molar-refractivity contribution is 5.66. The molecule has 0 amide bonds. The van der Waals surface area contributed by atoms with E-state index < -0.39 is 23.0 Å². The second-order valence-corrected chi connectivity index (χ2v) is 8.93. The molecular weight excluding hydrogens is 407 g/mol. The third kappa shape index (κ3) is 4.72. The van der Waals surface area contributed by atoms with Gasteiger partial charge in [0.25, 0.3) is 0 Å². The van der Waals surface area contributed by atoms with E-state index in [-0.39, 0.29) is 11.1 Å².